The molecule has 3 heterocycles. The van der Waals surface area contributed by atoms with Crippen LogP contribution >= 0.6 is 0 Å². The second-order valence-electron chi connectivity index (χ2n) is 4.95. The second kappa shape index (κ2) is 4.58. The highest BCUT2D eigenvalue weighted by Gasteiger charge is 2.29. The SMILES string of the molecule is Cc1ccc(N2CC(CNC3COC3)C2)nn1. The van der Waals surface area contributed by atoms with Crippen molar-refractivity contribution >= 4 is 5.82 Å². The molecule has 0 aromatic carbocycles. The summed E-state index contributed by atoms with van der Waals surface area (Å²) in [4.78, 5) is 2.27. The Kier molecular flexibility index (Phi) is 2.94. The summed E-state index contributed by atoms with van der Waals surface area (Å²) in [5.41, 5.74) is 0.970. The van der Waals surface area contributed by atoms with Crippen molar-refractivity contribution in [1.82, 2.24) is 15.5 Å². The van der Waals surface area contributed by atoms with Crippen molar-refractivity contribution < 1.29 is 4.74 Å². The van der Waals surface area contributed by atoms with Crippen LogP contribution in [-0.4, -0.2) is 49.1 Å². The molecule has 2 aliphatic rings. The maximum Gasteiger partial charge on any atom is 0.151 e. The summed E-state index contributed by atoms with van der Waals surface area (Å²) < 4.78 is 5.13. The highest BCUT2D eigenvalue weighted by atomic mass is 16.5. The van der Waals surface area contributed by atoms with Crippen LogP contribution in [0.3, 0.4) is 0 Å². The van der Waals surface area contributed by atoms with Crippen molar-refractivity contribution in [3.05, 3.63) is 17.8 Å². The van der Waals surface area contributed by atoms with E-state index in [1.54, 1.807) is 0 Å². The monoisotopic (exact) mass is 234 g/mol. The van der Waals surface area contributed by atoms with Gasteiger partial charge in [0.1, 0.15) is 0 Å². The first kappa shape index (κ1) is 10.9. The fourth-order valence-electron chi connectivity index (χ4n) is 2.13. The number of hydrogen-bond donors (Lipinski definition) is 1. The summed E-state index contributed by atoms with van der Waals surface area (Å²) in [5.74, 6) is 1.73. The number of aryl methyl sites for hydroxylation is 1. The van der Waals surface area contributed by atoms with Gasteiger partial charge in [-0.05, 0) is 19.1 Å². The van der Waals surface area contributed by atoms with Crippen LogP contribution in [-0.2, 0) is 4.74 Å². The van der Waals surface area contributed by atoms with E-state index in [0.717, 1.165) is 50.3 Å². The van der Waals surface area contributed by atoms with Crippen molar-refractivity contribution in [2.75, 3.05) is 37.7 Å². The molecule has 0 aliphatic carbocycles. The molecule has 2 fully saturated rings. The predicted molar refractivity (Wildman–Crippen MR) is 65.1 cm³/mol. The summed E-state index contributed by atoms with van der Waals surface area (Å²) in [5, 5.41) is 11.8. The maximum atomic E-state index is 5.13. The summed E-state index contributed by atoms with van der Waals surface area (Å²) >= 11 is 0. The third-order valence-corrected chi connectivity index (χ3v) is 3.40. The number of nitrogens with zero attached hydrogens (tertiary/aromatic N) is 3. The van der Waals surface area contributed by atoms with E-state index in [0.29, 0.717) is 6.04 Å². The third-order valence-electron chi connectivity index (χ3n) is 3.40. The van der Waals surface area contributed by atoms with Crippen LogP contribution < -0.4 is 10.2 Å². The molecule has 5 nitrogen and oxygen atoms in total. The van der Waals surface area contributed by atoms with Gasteiger partial charge in [-0.3, -0.25) is 0 Å². The Bertz CT molecular complexity index is 371. The van der Waals surface area contributed by atoms with Crippen molar-refractivity contribution in [3.63, 3.8) is 0 Å². The summed E-state index contributed by atoms with van der Waals surface area (Å²) in [6.07, 6.45) is 0. The fraction of sp³-hybridized carbons (Fsp3) is 0.667. The number of anilines is 1. The van der Waals surface area contributed by atoms with Gasteiger partial charge < -0.3 is 15.0 Å². The van der Waals surface area contributed by atoms with Crippen molar-refractivity contribution in [2.45, 2.75) is 13.0 Å². The third kappa shape index (κ3) is 2.40. The molecule has 2 saturated heterocycles. The summed E-state index contributed by atoms with van der Waals surface area (Å²) in [6.45, 7) is 6.96. The van der Waals surface area contributed by atoms with Gasteiger partial charge in [0.05, 0.1) is 24.9 Å². The molecular weight excluding hydrogens is 216 g/mol. The average Bonchev–Trinajstić information content (AvgIpc) is 2.21. The number of hydrogen-bond acceptors (Lipinski definition) is 5. The average molecular weight is 234 g/mol. The fourth-order valence-corrected chi connectivity index (χ4v) is 2.13. The molecule has 2 aliphatic heterocycles. The lowest BCUT2D eigenvalue weighted by molar-refractivity contribution is -0.00690. The number of aromatic nitrogens is 2. The van der Waals surface area contributed by atoms with E-state index in [9.17, 15) is 0 Å². The Morgan fingerprint density at radius 2 is 2.18 bits per heavy atom. The van der Waals surface area contributed by atoms with Gasteiger partial charge >= 0.3 is 0 Å². The Morgan fingerprint density at radius 3 is 2.76 bits per heavy atom. The predicted octanol–water partition coefficient (Wildman–Crippen LogP) is 0.210. The molecule has 5 heteroatoms. The quantitative estimate of drug-likeness (QED) is 0.807. The first-order valence-corrected chi connectivity index (χ1v) is 6.17. The molecule has 0 radical (unpaired) electrons. The molecule has 0 amide bonds. The Morgan fingerprint density at radius 1 is 1.35 bits per heavy atom. The molecular formula is C12H18N4O. The number of ether oxygens (including phenoxy) is 1. The summed E-state index contributed by atoms with van der Waals surface area (Å²) in [6, 6.07) is 4.65. The molecule has 17 heavy (non-hydrogen) atoms. The molecule has 1 aromatic heterocycles. The van der Waals surface area contributed by atoms with Gasteiger partial charge in [-0.2, -0.15) is 5.10 Å². The minimum absolute atomic E-state index is 0.586. The number of rotatable bonds is 4. The topological polar surface area (TPSA) is 50.3 Å². The second-order valence-corrected chi connectivity index (χ2v) is 4.95. The molecule has 3 rings (SSSR count). The normalized spacial score (nSPS) is 21.1. The molecule has 0 atom stereocenters. The van der Waals surface area contributed by atoms with E-state index >= 15 is 0 Å². The molecule has 92 valence electrons. The van der Waals surface area contributed by atoms with Gasteiger partial charge in [0, 0.05) is 25.6 Å². The van der Waals surface area contributed by atoms with E-state index in [4.69, 9.17) is 4.74 Å². The zero-order valence-corrected chi connectivity index (χ0v) is 10.1. The van der Waals surface area contributed by atoms with Crippen LogP contribution in [0.1, 0.15) is 5.69 Å². The lowest BCUT2D eigenvalue weighted by atomic mass is 9.99. The summed E-state index contributed by atoms with van der Waals surface area (Å²) in [7, 11) is 0. The first-order valence-electron chi connectivity index (χ1n) is 6.17. The van der Waals surface area contributed by atoms with Gasteiger partial charge in [-0.25, -0.2) is 0 Å². The van der Waals surface area contributed by atoms with E-state index in [1.807, 2.05) is 19.1 Å². The zero-order valence-electron chi connectivity index (χ0n) is 10.1. The van der Waals surface area contributed by atoms with Crippen LogP contribution in [0, 0.1) is 12.8 Å². The van der Waals surface area contributed by atoms with Crippen molar-refractivity contribution in [1.29, 1.82) is 0 Å². The van der Waals surface area contributed by atoms with Gasteiger partial charge in [0.25, 0.3) is 0 Å². The van der Waals surface area contributed by atoms with Crippen LogP contribution in [0.15, 0.2) is 12.1 Å². The minimum Gasteiger partial charge on any atom is -0.378 e. The van der Waals surface area contributed by atoms with Gasteiger partial charge in [0.2, 0.25) is 0 Å². The molecule has 0 saturated carbocycles. The van der Waals surface area contributed by atoms with Crippen LogP contribution in [0.5, 0.6) is 0 Å². The Balaban J connectivity index is 1.42. The minimum atomic E-state index is 0.586. The molecule has 1 aromatic rings. The van der Waals surface area contributed by atoms with Gasteiger partial charge in [0.15, 0.2) is 5.82 Å². The van der Waals surface area contributed by atoms with E-state index in [1.165, 1.54) is 0 Å². The molecule has 0 spiro atoms. The smallest absolute Gasteiger partial charge is 0.151 e. The lowest BCUT2D eigenvalue weighted by Gasteiger charge is -2.41. The van der Waals surface area contributed by atoms with Gasteiger partial charge in [-0.1, -0.05) is 0 Å². The number of nitrogens with one attached hydrogen (secondary N) is 1. The zero-order chi connectivity index (χ0) is 11.7. The molecule has 0 bridgehead atoms. The maximum absolute atomic E-state index is 5.13. The van der Waals surface area contributed by atoms with Gasteiger partial charge in [-0.15, -0.1) is 5.10 Å². The molecule has 1 N–H and O–H groups in total. The largest absolute Gasteiger partial charge is 0.378 e. The standard InChI is InChI=1S/C12H18N4O/c1-9-2-3-12(15-14-9)16-5-10(6-16)4-13-11-7-17-8-11/h2-3,10-11,13H,4-8H2,1H3. The Labute approximate surface area is 101 Å². The molecule has 0 unspecified atom stereocenters. The van der Waals surface area contributed by atoms with Crippen molar-refractivity contribution in [2.24, 2.45) is 5.92 Å². The van der Waals surface area contributed by atoms with E-state index < -0.39 is 0 Å². The van der Waals surface area contributed by atoms with E-state index in [-0.39, 0.29) is 0 Å². The van der Waals surface area contributed by atoms with E-state index in [2.05, 4.69) is 20.4 Å². The highest BCUT2D eigenvalue weighted by molar-refractivity contribution is 5.40. The van der Waals surface area contributed by atoms with Crippen molar-refractivity contribution in [3.8, 4) is 0 Å². The lowest BCUT2D eigenvalue weighted by Crippen LogP contribution is -2.55. The van der Waals surface area contributed by atoms with Crippen LogP contribution in [0.4, 0.5) is 5.82 Å². The Hall–Kier alpha value is -1.20. The van der Waals surface area contributed by atoms with Crippen LogP contribution in [0.25, 0.3) is 0 Å². The highest BCUT2D eigenvalue weighted by Crippen LogP contribution is 2.21. The van der Waals surface area contributed by atoms with Crippen LogP contribution in [0.2, 0.25) is 0 Å². The first-order chi connectivity index (χ1) is 8.31.